The third-order valence-electron chi connectivity index (χ3n) is 5.88. The molecule has 0 saturated heterocycles. The van der Waals surface area contributed by atoms with Crippen LogP contribution in [0.15, 0.2) is 36.4 Å². The summed E-state index contributed by atoms with van der Waals surface area (Å²) in [6.07, 6.45) is 4.22. The van der Waals surface area contributed by atoms with E-state index in [0.717, 1.165) is 42.4 Å². The van der Waals surface area contributed by atoms with E-state index in [4.69, 9.17) is 27.9 Å². The maximum Gasteiger partial charge on any atom is 0.261 e. The molecule has 0 aromatic heterocycles. The van der Waals surface area contributed by atoms with Crippen molar-refractivity contribution in [2.75, 3.05) is 6.61 Å². The molecule has 172 valence electrons. The Balaban J connectivity index is 1.74. The minimum absolute atomic E-state index is 0.148. The Bertz CT molecular complexity index is 950. The first kappa shape index (κ1) is 24.4. The zero-order valence-corrected chi connectivity index (χ0v) is 20.3. The average molecular weight is 477 g/mol. The molecule has 2 aromatic rings. The molecule has 2 aromatic carbocycles. The van der Waals surface area contributed by atoms with Crippen molar-refractivity contribution >= 4 is 35.0 Å². The molecular formula is C25H30Cl2N2O3. The third-order valence-corrected chi connectivity index (χ3v) is 6.71. The molecule has 2 amide bonds. The van der Waals surface area contributed by atoms with E-state index in [-0.39, 0.29) is 31.0 Å². The molecule has 0 radical (unpaired) electrons. The smallest absolute Gasteiger partial charge is 0.261 e. The predicted octanol–water partition coefficient (Wildman–Crippen LogP) is 5.47. The Hall–Kier alpha value is -2.24. The molecule has 0 heterocycles. The zero-order valence-electron chi connectivity index (χ0n) is 18.8. The summed E-state index contributed by atoms with van der Waals surface area (Å²) in [5.41, 5.74) is 2.62. The fraction of sp³-hybridized carbons (Fsp3) is 0.440. The summed E-state index contributed by atoms with van der Waals surface area (Å²) < 4.78 is 5.78. The van der Waals surface area contributed by atoms with Crippen molar-refractivity contribution in [3.05, 3.63) is 63.1 Å². The van der Waals surface area contributed by atoms with Crippen LogP contribution in [0.2, 0.25) is 10.0 Å². The normalized spacial score (nSPS) is 14.8. The molecule has 3 rings (SSSR count). The molecule has 0 spiro atoms. The lowest BCUT2D eigenvalue weighted by Gasteiger charge is -2.29. The van der Waals surface area contributed by atoms with Crippen LogP contribution in [-0.2, 0) is 16.1 Å². The van der Waals surface area contributed by atoms with Crippen LogP contribution in [0, 0.1) is 13.8 Å². The molecule has 32 heavy (non-hydrogen) atoms. The highest BCUT2D eigenvalue weighted by Gasteiger charge is 2.28. The van der Waals surface area contributed by atoms with E-state index < -0.39 is 6.04 Å². The summed E-state index contributed by atoms with van der Waals surface area (Å²) in [6.45, 7) is 5.63. The van der Waals surface area contributed by atoms with Crippen molar-refractivity contribution in [2.24, 2.45) is 0 Å². The molecule has 1 aliphatic rings. The fourth-order valence-electron chi connectivity index (χ4n) is 4.02. The lowest BCUT2D eigenvalue weighted by Crippen LogP contribution is -2.50. The Morgan fingerprint density at radius 2 is 1.78 bits per heavy atom. The highest BCUT2D eigenvalue weighted by molar-refractivity contribution is 6.32. The lowest BCUT2D eigenvalue weighted by molar-refractivity contribution is -0.142. The van der Waals surface area contributed by atoms with E-state index in [1.165, 1.54) is 0 Å². The van der Waals surface area contributed by atoms with Gasteiger partial charge in [0.15, 0.2) is 6.61 Å². The first-order valence-corrected chi connectivity index (χ1v) is 11.7. The van der Waals surface area contributed by atoms with Gasteiger partial charge in [-0.25, -0.2) is 0 Å². The number of halogens is 2. The number of hydrogen-bond acceptors (Lipinski definition) is 3. The maximum absolute atomic E-state index is 13.2. The van der Waals surface area contributed by atoms with Crippen molar-refractivity contribution in [3.63, 3.8) is 0 Å². The van der Waals surface area contributed by atoms with Crippen molar-refractivity contribution in [1.29, 1.82) is 0 Å². The monoisotopic (exact) mass is 476 g/mol. The maximum atomic E-state index is 13.2. The van der Waals surface area contributed by atoms with E-state index in [1.807, 2.05) is 26.0 Å². The highest BCUT2D eigenvalue weighted by atomic mass is 35.5. The molecular weight excluding hydrogens is 447 g/mol. The number of nitrogens with zero attached hydrogens (tertiary/aromatic N) is 1. The van der Waals surface area contributed by atoms with Gasteiger partial charge in [-0.2, -0.15) is 0 Å². The van der Waals surface area contributed by atoms with Crippen molar-refractivity contribution in [2.45, 2.75) is 65.1 Å². The van der Waals surface area contributed by atoms with E-state index in [9.17, 15) is 9.59 Å². The molecule has 1 saturated carbocycles. The number of nitrogens with one attached hydrogen (secondary N) is 1. The van der Waals surface area contributed by atoms with Crippen LogP contribution in [0.3, 0.4) is 0 Å². The second-order valence-electron chi connectivity index (χ2n) is 8.48. The van der Waals surface area contributed by atoms with E-state index in [2.05, 4.69) is 5.32 Å². The molecule has 1 fully saturated rings. The molecule has 1 N–H and O–H groups in total. The number of carbonyl (C=O) groups excluding carboxylic acids is 2. The van der Waals surface area contributed by atoms with E-state index >= 15 is 0 Å². The zero-order chi connectivity index (χ0) is 23.3. The quantitative estimate of drug-likeness (QED) is 0.549. The standard InChI is InChI=1S/C25H30Cl2N2O3/c1-16-11-22(12-17(2)24(16)27)32-15-23(30)29(14-19-7-6-8-20(26)13-19)18(3)25(31)28-21-9-4-5-10-21/h6-8,11-13,18,21H,4-5,9-10,14-15H2,1-3H3,(H,28,31). The Labute approximate surface area is 200 Å². The van der Waals surface area contributed by atoms with Crippen LogP contribution in [0.25, 0.3) is 0 Å². The molecule has 7 heteroatoms. The molecule has 1 aliphatic carbocycles. The van der Waals surface area contributed by atoms with Gasteiger partial charge in [-0.3, -0.25) is 9.59 Å². The average Bonchev–Trinajstić information content (AvgIpc) is 3.26. The SMILES string of the molecule is Cc1cc(OCC(=O)N(Cc2cccc(Cl)c2)C(C)C(=O)NC2CCCC2)cc(C)c1Cl. The summed E-state index contributed by atoms with van der Waals surface area (Å²) in [7, 11) is 0. The van der Waals surface area contributed by atoms with Gasteiger partial charge in [0, 0.05) is 22.6 Å². The fourth-order valence-corrected chi connectivity index (χ4v) is 4.35. The molecule has 5 nitrogen and oxygen atoms in total. The van der Waals surface area contributed by atoms with Gasteiger partial charge in [0.1, 0.15) is 11.8 Å². The van der Waals surface area contributed by atoms with Gasteiger partial charge in [0.05, 0.1) is 0 Å². The van der Waals surface area contributed by atoms with Crippen molar-refractivity contribution in [3.8, 4) is 5.75 Å². The highest BCUT2D eigenvalue weighted by Crippen LogP contribution is 2.26. The van der Waals surface area contributed by atoms with Gasteiger partial charge in [0.2, 0.25) is 5.91 Å². The minimum Gasteiger partial charge on any atom is -0.484 e. The van der Waals surface area contributed by atoms with Gasteiger partial charge >= 0.3 is 0 Å². The first-order chi connectivity index (χ1) is 15.2. The van der Waals surface area contributed by atoms with Crippen LogP contribution in [0.4, 0.5) is 0 Å². The third kappa shape index (κ3) is 6.39. The van der Waals surface area contributed by atoms with E-state index in [1.54, 1.807) is 36.1 Å². The summed E-state index contributed by atoms with van der Waals surface area (Å²) >= 11 is 12.4. The summed E-state index contributed by atoms with van der Waals surface area (Å²) in [5.74, 6) is 0.151. The van der Waals surface area contributed by atoms with Gasteiger partial charge in [-0.1, -0.05) is 48.2 Å². The number of ether oxygens (including phenoxy) is 1. The first-order valence-electron chi connectivity index (χ1n) is 11.0. The topological polar surface area (TPSA) is 58.6 Å². The van der Waals surface area contributed by atoms with Crippen LogP contribution in [0.5, 0.6) is 5.75 Å². The summed E-state index contributed by atoms with van der Waals surface area (Å²) in [6, 6.07) is 10.5. The second-order valence-corrected chi connectivity index (χ2v) is 9.29. The van der Waals surface area contributed by atoms with Gasteiger partial charge in [0.25, 0.3) is 5.91 Å². The molecule has 1 atom stereocenters. The van der Waals surface area contributed by atoms with Crippen molar-refractivity contribution in [1.82, 2.24) is 10.2 Å². The second kappa shape index (κ2) is 11.1. The summed E-state index contributed by atoms with van der Waals surface area (Å²) in [4.78, 5) is 27.7. The predicted molar refractivity (Wildman–Crippen MR) is 128 cm³/mol. The number of carbonyl (C=O) groups is 2. The van der Waals surface area contributed by atoms with Crippen molar-refractivity contribution < 1.29 is 14.3 Å². The minimum atomic E-state index is -0.639. The largest absolute Gasteiger partial charge is 0.484 e. The number of hydrogen-bond donors (Lipinski definition) is 1. The molecule has 1 unspecified atom stereocenters. The van der Waals surface area contributed by atoms with Crippen LogP contribution < -0.4 is 10.1 Å². The van der Waals surface area contributed by atoms with Crippen LogP contribution in [-0.4, -0.2) is 35.4 Å². The number of amides is 2. The Kier molecular flexibility index (Phi) is 8.44. The van der Waals surface area contributed by atoms with E-state index in [0.29, 0.717) is 15.8 Å². The Morgan fingerprint density at radius 1 is 1.12 bits per heavy atom. The Morgan fingerprint density at radius 3 is 2.41 bits per heavy atom. The summed E-state index contributed by atoms with van der Waals surface area (Å²) in [5, 5.41) is 4.36. The number of benzene rings is 2. The van der Waals surface area contributed by atoms with Gasteiger partial charge in [-0.15, -0.1) is 0 Å². The van der Waals surface area contributed by atoms with Crippen LogP contribution in [0.1, 0.15) is 49.3 Å². The molecule has 0 bridgehead atoms. The number of aryl methyl sites for hydroxylation is 2. The lowest BCUT2D eigenvalue weighted by atomic mass is 10.1. The van der Waals surface area contributed by atoms with Gasteiger partial charge in [-0.05, 0) is 74.6 Å². The number of rotatable bonds is 8. The van der Waals surface area contributed by atoms with Gasteiger partial charge < -0.3 is 15.0 Å². The molecule has 0 aliphatic heterocycles. The van der Waals surface area contributed by atoms with Crippen LogP contribution >= 0.6 is 23.2 Å².